The number of hydrogen-bond donors (Lipinski definition) is 2. The molecule has 0 saturated carbocycles. The van der Waals surface area contributed by atoms with Gasteiger partial charge in [-0.1, -0.05) is 12.5 Å². The predicted molar refractivity (Wildman–Crippen MR) is 118 cm³/mol. The first kappa shape index (κ1) is 23.2. The summed E-state index contributed by atoms with van der Waals surface area (Å²) >= 11 is 0. The van der Waals surface area contributed by atoms with Gasteiger partial charge in [-0.15, -0.1) is 0 Å². The fourth-order valence-corrected chi connectivity index (χ4v) is 4.86. The third kappa shape index (κ3) is 4.58. The molecular formula is C23H30N4O6. The highest BCUT2D eigenvalue weighted by Crippen LogP contribution is 2.34. The highest BCUT2D eigenvalue weighted by atomic mass is 16.5. The van der Waals surface area contributed by atoms with Crippen LogP contribution in [-0.2, 0) is 14.3 Å². The number of ether oxygens (including phenoxy) is 1. The molecule has 3 aliphatic heterocycles. The molecule has 1 aromatic rings. The minimum absolute atomic E-state index is 0.00677. The molecule has 0 radical (unpaired) electrons. The molecule has 33 heavy (non-hydrogen) atoms. The van der Waals surface area contributed by atoms with Crippen LogP contribution in [0.2, 0.25) is 0 Å². The van der Waals surface area contributed by atoms with Crippen molar-refractivity contribution in [3.63, 3.8) is 0 Å². The topological polar surface area (TPSA) is 119 Å². The largest absolute Gasteiger partial charge is 0.463 e. The zero-order chi connectivity index (χ0) is 23.5. The quantitative estimate of drug-likeness (QED) is 0.452. The number of nitrogens with one attached hydrogen (secondary N) is 1. The lowest BCUT2D eigenvalue weighted by molar-refractivity contribution is -0.158. The van der Waals surface area contributed by atoms with Crippen LogP contribution in [0.15, 0.2) is 18.2 Å². The molecule has 2 saturated heterocycles. The molecule has 2 fully saturated rings. The summed E-state index contributed by atoms with van der Waals surface area (Å²) in [7, 11) is 1.67. The van der Waals surface area contributed by atoms with E-state index >= 15 is 0 Å². The van der Waals surface area contributed by atoms with Gasteiger partial charge in [-0.25, -0.2) is 0 Å². The number of amides is 3. The van der Waals surface area contributed by atoms with Gasteiger partial charge in [0.25, 0.3) is 11.8 Å². The Morgan fingerprint density at radius 1 is 1.15 bits per heavy atom. The maximum atomic E-state index is 13.1. The van der Waals surface area contributed by atoms with E-state index in [4.69, 9.17) is 4.74 Å². The van der Waals surface area contributed by atoms with Gasteiger partial charge in [0.05, 0.1) is 30.3 Å². The van der Waals surface area contributed by atoms with Crippen LogP contribution in [0.1, 0.15) is 52.8 Å². The number of imide groups is 1. The van der Waals surface area contributed by atoms with E-state index < -0.39 is 24.1 Å². The van der Waals surface area contributed by atoms with E-state index in [1.807, 2.05) is 4.90 Å². The minimum atomic E-state index is -1.37. The average molecular weight is 459 g/mol. The van der Waals surface area contributed by atoms with E-state index in [-0.39, 0.29) is 55.5 Å². The van der Waals surface area contributed by atoms with Gasteiger partial charge >= 0.3 is 5.97 Å². The van der Waals surface area contributed by atoms with E-state index in [9.17, 15) is 24.3 Å². The van der Waals surface area contributed by atoms with Gasteiger partial charge in [0.1, 0.15) is 12.8 Å². The number of aliphatic hydroxyl groups excluding tert-OH is 1. The summed E-state index contributed by atoms with van der Waals surface area (Å²) in [4.78, 5) is 55.0. The lowest BCUT2D eigenvalue weighted by atomic mass is 10.0. The van der Waals surface area contributed by atoms with Crippen LogP contribution in [-0.4, -0.2) is 95.6 Å². The summed E-state index contributed by atoms with van der Waals surface area (Å²) < 4.78 is 5.29. The van der Waals surface area contributed by atoms with Crippen LogP contribution in [0, 0.1) is 0 Å². The average Bonchev–Trinajstić information content (AvgIpc) is 3.07. The summed E-state index contributed by atoms with van der Waals surface area (Å²) in [5, 5.41) is 13.8. The Balaban J connectivity index is 1.38. The Kier molecular flexibility index (Phi) is 6.94. The minimum Gasteiger partial charge on any atom is -0.463 e. The highest BCUT2D eigenvalue weighted by molar-refractivity contribution is 6.24. The fourth-order valence-electron chi connectivity index (χ4n) is 4.86. The smallest absolute Gasteiger partial charge is 0.320 e. The van der Waals surface area contributed by atoms with Gasteiger partial charge in [-0.05, 0) is 44.5 Å². The molecule has 178 valence electrons. The van der Waals surface area contributed by atoms with Crippen molar-refractivity contribution < 1.29 is 29.0 Å². The number of esters is 1. The lowest BCUT2D eigenvalue weighted by Gasteiger charge is -2.40. The fraction of sp³-hybridized carbons (Fsp3) is 0.565. The molecule has 4 rings (SSSR count). The monoisotopic (exact) mass is 458 g/mol. The Hall–Kier alpha value is -2.98. The molecule has 10 nitrogen and oxygen atoms in total. The summed E-state index contributed by atoms with van der Waals surface area (Å²) in [5.41, 5.74) is 1.08. The number of carbonyl (C=O) groups is 4. The zero-order valence-corrected chi connectivity index (χ0v) is 18.8. The van der Waals surface area contributed by atoms with Gasteiger partial charge in [0.2, 0.25) is 5.91 Å². The second-order valence-electron chi connectivity index (χ2n) is 8.62. The molecule has 0 spiro atoms. The number of anilines is 1. The number of piperidine rings is 2. The Labute approximate surface area is 192 Å². The van der Waals surface area contributed by atoms with E-state index in [2.05, 4.69) is 5.32 Å². The number of nitrogens with zero attached hydrogens (tertiary/aromatic N) is 3. The van der Waals surface area contributed by atoms with Crippen LogP contribution in [0.5, 0.6) is 0 Å². The van der Waals surface area contributed by atoms with E-state index in [0.29, 0.717) is 5.69 Å². The standard InChI is InChI=1S/C23H30N4O6/c1-24-16-7-5-6-15-20(16)23(32)27(21(15)30)17-8-9-18(28)26(22(17)31)12-13-33-19(29)14-25-10-3-2-4-11-25/h5-7,17,22,24,31H,2-4,8-14H2,1H3. The summed E-state index contributed by atoms with van der Waals surface area (Å²) in [5.74, 6) is -1.66. The molecule has 1 aromatic carbocycles. The molecule has 0 aliphatic carbocycles. The SMILES string of the molecule is CNc1cccc2c1C(=O)N(C1CCC(=O)N(CCOC(=O)CN3CCCCC3)C1O)C2=O. The van der Waals surface area contributed by atoms with E-state index in [1.54, 1.807) is 25.2 Å². The van der Waals surface area contributed by atoms with E-state index in [1.165, 1.54) is 11.3 Å². The first-order valence-corrected chi connectivity index (χ1v) is 11.5. The summed E-state index contributed by atoms with van der Waals surface area (Å²) in [6.07, 6.45) is 2.19. The first-order chi connectivity index (χ1) is 15.9. The molecular weight excluding hydrogens is 428 g/mol. The molecule has 3 amide bonds. The van der Waals surface area contributed by atoms with Gasteiger partial charge in [0, 0.05) is 19.2 Å². The van der Waals surface area contributed by atoms with Crippen LogP contribution in [0.25, 0.3) is 0 Å². The Morgan fingerprint density at radius 3 is 2.64 bits per heavy atom. The molecule has 2 unspecified atom stereocenters. The molecule has 3 aliphatic rings. The van der Waals surface area contributed by atoms with Crippen molar-refractivity contribution in [2.45, 2.75) is 44.4 Å². The maximum absolute atomic E-state index is 13.1. The number of fused-ring (bicyclic) bond motifs is 1. The summed E-state index contributed by atoms with van der Waals surface area (Å²) in [6.45, 7) is 1.88. The van der Waals surface area contributed by atoms with Gasteiger partial charge in [0.15, 0.2) is 0 Å². The van der Waals surface area contributed by atoms with Crippen molar-refractivity contribution in [1.29, 1.82) is 0 Å². The molecule has 2 N–H and O–H groups in total. The second-order valence-corrected chi connectivity index (χ2v) is 8.62. The van der Waals surface area contributed by atoms with Crippen LogP contribution in [0.4, 0.5) is 5.69 Å². The zero-order valence-electron chi connectivity index (χ0n) is 18.8. The molecule has 3 heterocycles. The number of hydrogen-bond acceptors (Lipinski definition) is 8. The Bertz CT molecular complexity index is 945. The van der Waals surface area contributed by atoms with Crippen LogP contribution in [0.3, 0.4) is 0 Å². The van der Waals surface area contributed by atoms with Crippen molar-refractivity contribution in [3.05, 3.63) is 29.3 Å². The van der Waals surface area contributed by atoms with E-state index in [0.717, 1.165) is 30.8 Å². The van der Waals surface area contributed by atoms with Gasteiger partial charge < -0.3 is 20.1 Å². The normalized spacial score (nSPS) is 23.6. The first-order valence-electron chi connectivity index (χ1n) is 11.5. The lowest BCUT2D eigenvalue weighted by Crippen LogP contribution is -2.59. The van der Waals surface area contributed by atoms with Gasteiger partial charge in [-0.2, -0.15) is 0 Å². The molecule has 10 heteroatoms. The second kappa shape index (κ2) is 9.88. The Morgan fingerprint density at radius 2 is 1.91 bits per heavy atom. The molecule has 0 aromatic heterocycles. The third-order valence-electron chi connectivity index (χ3n) is 6.58. The van der Waals surface area contributed by atoms with Crippen molar-refractivity contribution >= 4 is 29.4 Å². The molecule has 0 bridgehead atoms. The van der Waals surface area contributed by atoms with Crippen LogP contribution < -0.4 is 5.32 Å². The van der Waals surface area contributed by atoms with Crippen molar-refractivity contribution in [3.8, 4) is 0 Å². The van der Waals surface area contributed by atoms with Crippen molar-refractivity contribution in [2.24, 2.45) is 0 Å². The number of likely N-dealkylation sites (tertiary alicyclic amines) is 2. The highest BCUT2D eigenvalue weighted by Gasteiger charge is 2.47. The van der Waals surface area contributed by atoms with Crippen LogP contribution >= 0.6 is 0 Å². The number of benzene rings is 1. The van der Waals surface area contributed by atoms with Gasteiger partial charge in [-0.3, -0.25) is 29.0 Å². The number of rotatable bonds is 7. The molecule has 2 atom stereocenters. The summed E-state index contributed by atoms with van der Waals surface area (Å²) in [6, 6.07) is 4.10. The number of aliphatic hydroxyl groups is 1. The predicted octanol–water partition coefficient (Wildman–Crippen LogP) is 0.663. The van der Waals surface area contributed by atoms with Crippen molar-refractivity contribution in [1.82, 2.24) is 14.7 Å². The maximum Gasteiger partial charge on any atom is 0.320 e. The number of carbonyl (C=O) groups excluding carboxylic acids is 4. The third-order valence-corrected chi connectivity index (χ3v) is 6.58. The van der Waals surface area contributed by atoms with Crippen molar-refractivity contribution in [2.75, 3.05) is 45.2 Å².